The molecule has 0 radical (unpaired) electrons. The number of hydrogen-bond donors (Lipinski definition) is 0. The molecule has 27 heavy (non-hydrogen) atoms. The quantitative estimate of drug-likeness (QED) is 0.407. The maximum absolute atomic E-state index is 13.8. The fraction of sp³-hybridized carbons (Fsp3) is 0.500. The van der Waals surface area contributed by atoms with E-state index in [-0.39, 0.29) is 5.82 Å². The summed E-state index contributed by atoms with van der Waals surface area (Å²) >= 11 is 0. The zero-order valence-electron chi connectivity index (χ0n) is 16.9. The summed E-state index contributed by atoms with van der Waals surface area (Å²) in [6.45, 7) is 8.75. The average Bonchev–Trinajstić information content (AvgIpc) is 2.68. The molecular formula is C24H34FNO. The van der Waals surface area contributed by atoms with Crippen molar-refractivity contribution in [2.45, 2.75) is 52.4 Å². The minimum absolute atomic E-state index is 0.125. The molecule has 2 aromatic rings. The normalized spacial score (nSPS) is 11.1. The van der Waals surface area contributed by atoms with Gasteiger partial charge in [0, 0.05) is 0 Å². The molecule has 148 valence electrons. The van der Waals surface area contributed by atoms with Crippen LogP contribution in [-0.4, -0.2) is 31.1 Å². The third-order valence-electron chi connectivity index (χ3n) is 4.80. The van der Waals surface area contributed by atoms with Gasteiger partial charge in [-0.2, -0.15) is 0 Å². The highest BCUT2D eigenvalue weighted by Crippen LogP contribution is 2.21. The number of aryl methyl sites for hydroxylation is 2. The minimum atomic E-state index is -0.125. The Hall–Kier alpha value is -1.87. The van der Waals surface area contributed by atoms with Crippen LogP contribution in [0.1, 0.15) is 50.7 Å². The van der Waals surface area contributed by atoms with Crippen LogP contribution < -0.4 is 4.74 Å². The second-order valence-corrected chi connectivity index (χ2v) is 7.10. The molecule has 2 rings (SSSR count). The Labute approximate surface area is 164 Å². The Bertz CT molecular complexity index is 652. The summed E-state index contributed by atoms with van der Waals surface area (Å²) in [7, 11) is 0. The van der Waals surface area contributed by atoms with Gasteiger partial charge in [0.1, 0.15) is 11.6 Å². The number of halogens is 1. The van der Waals surface area contributed by atoms with Crippen molar-refractivity contribution >= 4 is 0 Å². The van der Waals surface area contributed by atoms with Gasteiger partial charge in [-0.05, 0) is 81.4 Å². The molecule has 0 heterocycles. The Morgan fingerprint density at radius 3 is 2.11 bits per heavy atom. The lowest BCUT2D eigenvalue weighted by Crippen LogP contribution is -2.26. The van der Waals surface area contributed by atoms with Crippen LogP contribution in [0.25, 0.3) is 0 Å². The van der Waals surface area contributed by atoms with E-state index in [0.29, 0.717) is 6.42 Å². The van der Waals surface area contributed by atoms with E-state index in [4.69, 9.17) is 4.74 Å². The molecule has 0 atom stereocenters. The Morgan fingerprint density at radius 1 is 0.778 bits per heavy atom. The van der Waals surface area contributed by atoms with Gasteiger partial charge in [-0.1, -0.05) is 50.2 Å². The fourth-order valence-electron chi connectivity index (χ4n) is 3.41. The lowest BCUT2D eigenvalue weighted by atomic mass is 10.0. The maximum Gasteiger partial charge on any atom is 0.126 e. The Kier molecular flexibility index (Phi) is 9.93. The molecule has 0 aliphatic heterocycles. The first-order valence-electron chi connectivity index (χ1n) is 10.4. The highest BCUT2D eigenvalue weighted by Gasteiger charge is 2.07. The predicted octanol–water partition coefficient (Wildman–Crippen LogP) is 5.89. The predicted molar refractivity (Wildman–Crippen MR) is 112 cm³/mol. The summed E-state index contributed by atoms with van der Waals surface area (Å²) < 4.78 is 19.9. The van der Waals surface area contributed by atoms with E-state index < -0.39 is 0 Å². The zero-order valence-corrected chi connectivity index (χ0v) is 16.9. The first-order valence-corrected chi connectivity index (χ1v) is 10.4. The van der Waals surface area contributed by atoms with Gasteiger partial charge in [-0.25, -0.2) is 4.39 Å². The van der Waals surface area contributed by atoms with Crippen molar-refractivity contribution in [3.05, 3.63) is 65.5 Å². The molecule has 2 nitrogen and oxygen atoms in total. The summed E-state index contributed by atoms with van der Waals surface area (Å²) in [5, 5.41) is 0. The molecule has 0 aromatic heterocycles. The Balaban J connectivity index is 1.77. The standard InChI is InChI=1S/C24H34FNO/c1-3-17-26(18-4-2)19-9-10-20-27-24-14-8-6-12-22(24)16-15-21-11-5-7-13-23(21)25/h5-8,11-14H,3-4,9-10,15-20H2,1-2H3. The van der Waals surface area contributed by atoms with Crippen LogP contribution in [-0.2, 0) is 12.8 Å². The first kappa shape index (κ1) is 21.4. The van der Waals surface area contributed by atoms with Gasteiger partial charge in [0.2, 0.25) is 0 Å². The molecule has 0 bridgehead atoms. The van der Waals surface area contributed by atoms with E-state index >= 15 is 0 Å². The van der Waals surface area contributed by atoms with Crippen molar-refractivity contribution in [1.29, 1.82) is 0 Å². The van der Waals surface area contributed by atoms with Crippen LogP contribution >= 0.6 is 0 Å². The number of ether oxygens (including phenoxy) is 1. The third-order valence-corrected chi connectivity index (χ3v) is 4.80. The highest BCUT2D eigenvalue weighted by atomic mass is 19.1. The number of benzene rings is 2. The van der Waals surface area contributed by atoms with Crippen molar-refractivity contribution in [2.24, 2.45) is 0 Å². The lowest BCUT2D eigenvalue weighted by molar-refractivity contribution is 0.249. The third kappa shape index (κ3) is 7.72. The van der Waals surface area contributed by atoms with Gasteiger partial charge in [-0.15, -0.1) is 0 Å². The molecule has 0 amide bonds. The van der Waals surface area contributed by atoms with E-state index in [9.17, 15) is 4.39 Å². The van der Waals surface area contributed by atoms with Crippen LogP contribution in [0.4, 0.5) is 4.39 Å². The average molecular weight is 372 g/mol. The van der Waals surface area contributed by atoms with Crippen LogP contribution in [0.3, 0.4) is 0 Å². The van der Waals surface area contributed by atoms with Gasteiger partial charge in [0.15, 0.2) is 0 Å². The van der Waals surface area contributed by atoms with Crippen LogP contribution in [0.15, 0.2) is 48.5 Å². The number of rotatable bonds is 13. The SMILES string of the molecule is CCCN(CCC)CCCCOc1ccccc1CCc1ccccc1F. The molecule has 3 heteroatoms. The molecule has 0 aliphatic carbocycles. The molecule has 0 N–H and O–H groups in total. The summed E-state index contributed by atoms with van der Waals surface area (Å²) in [6.07, 6.45) is 6.13. The molecular weight excluding hydrogens is 337 g/mol. The molecule has 0 spiro atoms. The van der Waals surface area contributed by atoms with Crippen LogP contribution in [0.2, 0.25) is 0 Å². The number of para-hydroxylation sites is 1. The monoisotopic (exact) mass is 371 g/mol. The van der Waals surface area contributed by atoms with Crippen molar-refractivity contribution in [3.8, 4) is 5.75 Å². The van der Waals surface area contributed by atoms with Gasteiger partial charge in [0.25, 0.3) is 0 Å². The number of nitrogens with zero attached hydrogens (tertiary/aromatic N) is 1. The van der Waals surface area contributed by atoms with Crippen LogP contribution in [0.5, 0.6) is 5.75 Å². The first-order chi connectivity index (χ1) is 13.2. The van der Waals surface area contributed by atoms with Crippen molar-refractivity contribution in [3.63, 3.8) is 0 Å². The molecule has 2 aromatic carbocycles. The second kappa shape index (κ2) is 12.5. The van der Waals surface area contributed by atoms with Gasteiger partial charge >= 0.3 is 0 Å². The van der Waals surface area contributed by atoms with E-state index in [1.807, 2.05) is 30.3 Å². The highest BCUT2D eigenvalue weighted by molar-refractivity contribution is 5.34. The molecule has 0 aliphatic rings. The Morgan fingerprint density at radius 2 is 1.41 bits per heavy atom. The van der Waals surface area contributed by atoms with Crippen molar-refractivity contribution in [1.82, 2.24) is 4.90 Å². The zero-order chi connectivity index (χ0) is 19.3. The molecule has 0 saturated carbocycles. The lowest BCUT2D eigenvalue weighted by Gasteiger charge is -2.20. The summed E-state index contributed by atoms with van der Waals surface area (Å²) in [4.78, 5) is 2.54. The molecule has 0 saturated heterocycles. The summed E-state index contributed by atoms with van der Waals surface area (Å²) in [5.41, 5.74) is 1.92. The van der Waals surface area contributed by atoms with E-state index in [1.165, 1.54) is 32.0 Å². The van der Waals surface area contributed by atoms with Crippen molar-refractivity contribution < 1.29 is 9.13 Å². The largest absolute Gasteiger partial charge is 0.493 e. The smallest absolute Gasteiger partial charge is 0.126 e. The van der Waals surface area contributed by atoms with E-state index in [2.05, 4.69) is 24.8 Å². The van der Waals surface area contributed by atoms with Gasteiger partial charge in [0.05, 0.1) is 6.61 Å². The van der Waals surface area contributed by atoms with E-state index in [1.54, 1.807) is 6.07 Å². The van der Waals surface area contributed by atoms with Gasteiger partial charge < -0.3 is 9.64 Å². The minimum Gasteiger partial charge on any atom is -0.493 e. The molecule has 0 fully saturated rings. The van der Waals surface area contributed by atoms with Crippen molar-refractivity contribution in [2.75, 3.05) is 26.2 Å². The van der Waals surface area contributed by atoms with E-state index in [0.717, 1.165) is 49.3 Å². The second-order valence-electron chi connectivity index (χ2n) is 7.10. The summed E-state index contributed by atoms with van der Waals surface area (Å²) in [6, 6.07) is 15.1. The number of unbranched alkanes of at least 4 members (excludes halogenated alkanes) is 1. The molecule has 0 unspecified atom stereocenters. The van der Waals surface area contributed by atoms with Gasteiger partial charge in [-0.3, -0.25) is 0 Å². The summed E-state index contributed by atoms with van der Waals surface area (Å²) in [5.74, 6) is 0.812. The number of hydrogen-bond acceptors (Lipinski definition) is 2. The maximum atomic E-state index is 13.8. The fourth-order valence-corrected chi connectivity index (χ4v) is 3.41. The van der Waals surface area contributed by atoms with Crippen LogP contribution in [0, 0.1) is 5.82 Å². The topological polar surface area (TPSA) is 12.5 Å².